The average molecular weight is 2430 g/mol. The van der Waals surface area contributed by atoms with E-state index in [0.717, 1.165) is 32.1 Å². The third-order valence-corrected chi connectivity index (χ3v) is 25.1. The number of allylic oxidation sites excluding steroid dienone is 9. The molecule has 0 aromatic rings. The van der Waals surface area contributed by atoms with Crippen molar-refractivity contribution in [2.75, 3.05) is 77.7 Å². The molecule has 41 heteroatoms. The molecule has 0 saturated carbocycles. The number of rotatable bonds is 54. The van der Waals surface area contributed by atoms with Gasteiger partial charge in [-0.3, -0.25) is 9.59 Å². The van der Waals surface area contributed by atoms with Crippen LogP contribution in [0.4, 0.5) is 0 Å². The van der Waals surface area contributed by atoms with Crippen molar-refractivity contribution in [3.63, 3.8) is 0 Å². The zero-order valence-electron chi connectivity index (χ0n) is 91.4. The van der Waals surface area contributed by atoms with Crippen LogP contribution in [-0.2, 0) is 136 Å². The zero-order valence-corrected chi connectivity index (χ0v) is 118. The summed E-state index contributed by atoms with van der Waals surface area (Å²) in [4.78, 5) is 114. The number of carbonyl (C=O) groups is 10. The van der Waals surface area contributed by atoms with E-state index in [1.165, 1.54) is 70.7 Å². The third-order valence-electron chi connectivity index (χ3n) is 18.8. The van der Waals surface area contributed by atoms with Gasteiger partial charge >= 0.3 is 780 Å². The zero-order chi connectivity index (χ0) is 109. The van der Waals surface area contributed by atoms with Gasteiger partial charge in [0.15, 0.2) is 11.6 Å². The van der Waals surface area contributed by atoms with E-state index in [1.807, 2.05) is 201 Å². The van der Waals surface area contributed by atoms with E-state index in [9.17, 15) is 47.9 Å². The second-order valence-electron chi connectivity index (χ2n) is 33.7. The first-order valence-electron chi connectivity index (χ1n) is 45.3. The molecule has 0 aromatic heterocycles. The van der Waals surface area contributed by atoms with Gasteiger partial charge in [-0.05, 0) is 19.8 Å². The molecular weight excluding hydrogens is 2260 g/mol. The minimum atomic E-state index is -0.441. The van der Waals surface area contributed by atoms with Gasteiger partial charge in [0, 0.05) is 38.2 Å². The fourth-order valence-corrected chi connectivity index (χ4v) is 14.4. The topological polar surface area (TPSA) is 365 Å². The molecular formula is C96H172Al2Ga8O31. The van der Waals surface area contributed by atoms with Gasteiger partial charge in [-0.1, -0.05) is 34.6 Å². The average Bonchev–Trinajstić information content (AvgIpc) is 0.886. The molecule has 0 N–H and O–H groups in total. The Morgan fingerprint density at radius 3 is 0.679 bits per heavy atom. The van der Waals surface area contributed by atoms with Crippen LogP contribution in [-0.4, -0.2) is 388 Å². The van der Waals surface area contributed by atoms with Crippen molar-refractivity contribution in [3.8, 4) is 0 Å². The summed E-state index contributed by atoms with van der Waals surface area (Å²) in [6.07, 6.45) is 19.3. The number of ketones is 10. The fraction of sp³-hybridized carbons (Fsp3) is 0.688. The number of ether oxygens (including phenoxy) is 11. The van der Waals surface area contributed by atoms with Gasteiger partial charge in [0.05, 0.1) is 11.5 Å². The van der Waals surface area contributed by atoms with Gasteiger partial charge in [-0.15, -0.1) is 0 Å². The second-order valence-corrected chi connectivity index (χ2v) is 39.1. The van der Waals surface area contributed by atoms with E-state index in [-0.39, 0.29) is 153 Å². The van der Waals surface area contributed by atoms with Crippen molar-refractivity contribution in [3.05, 3.63) is 118 Å². The van der Waals surface area contributed by atoms with Crippen LogP contribution < -0.4 is 0 Å². The van der Waals surface area contributed by atoms with Crippen LogP contribution in [0.15, 0.2) is 118 Å². The van der Waals surface area contributed by atoms with E-state index in [2.05, 4.69) is 0 Å². The van der Waals surface area contributed by atoms with Gasteiger partial charge in [-0.25, -0.2) is 0 Å². The molecule has 0 amide bonds. The molecule has 0 spiro atoms. The summed E-state index contributed by atoms with van der Waals surface area (Å²) in [7, 11) is 15.9. The number of carbonyl (C=O) groups excluding carboxylic acids is 10. The van der Waals surface area contributed by atoms with E-state index in [4.69, 9.17) is 87.9 Å². The Labute approximate surface area is 925 Å². The molecule has 0 aliphatic carbocycles. The monoisotopic (exact) mass is 2430 g/mol. The molecule has 137 heavy (non-hydrogen) atoms. The van der Waals surface area contributed by atoms with Crippen LogP contribution >= 0.6 is 0 Å². The van der Waals surface area contributed by atoms with E-state index >= 15 is 0 Å². The minimum absolute atomic E-state index is 0.00831. The molecule has 11 atom stereocenters. The van der Waals surface area contributed by atoms with Crippen molar-refractivity contribution in [2.45, 2.75) is 326 Å². The Morgan fingerprint density at radius 1 is 0.255 bits per heavy atom. The SMILES string of the molecule is CCC(=O)C=C([O][GaH])C(C)OC.CCC(OC)C(=CC(=O)C(C)(C)C)[O][AlH].CCC(OC)C(=CC(=O)C(C)(C)C)[O][GaH].CCC(OC)C(=CC(=O)C(C)C)[O][GaH].CCCC(=O)C=C([O][AlH])C(C)OC.CCCC(=O)C=C([O][GaH])C(C)OC.CCOC(C)C(=CC(=O)C(C)C)[O][GaH].COC(C)C(=CC(=O)C(C)(C)C)[O][GaH].COC(C)C(=CC(=O)C(C)C)[O][GaH].COC(C)C(=O)C=C([O][GaH])C(C)OC. The van der Waals surface area contributed by atoms with Crippen LogP contribution in [0.25, 0.3) is 0 Å². The molecule has 0 aliphatic heterocycles. The normalized spacial score (nSPS) is 14.6. The number of hydrogen-bond acceptors (Lipinski definition) is 31. The Kier molecular flexibility index (Phi) is 107. The standard InChI is InChI=1S/2C11H20O3.3C10H18O3.C9H16O4.3C9H16O3.C8H14O3.2Al.8Ga.10H/c2*1-6-9(14-5)8(12)7-10(13)11(2,3)4;1-7(13-5)8(11)6-9(12)10(2,3)4;1-5-10(13-4)9(12)6-8(11)7(2)3;1-5-13-8(4)10(12)6-9(11)7(2)3;1-6(12-3)8(10)5-9(11)7(2)13-4;1-6(2)8(10)5-9(11)7(3)12-4;2*1-4-5-8(10)6-9(11)7(2)12-3;1-4-7(9)5-8(10)6(2)11-3;;;;;;;;;;;;;;;;;;;;/h2*7,9,12H,6H2,1-5H3;6-7,11H,1-5H3;6-7,10,12H,5H2,1-4H3;6-8,12H,5H2,1-4H3;5-7,10H,1-4H3;5-7,11H,1-4H3;2*6-7,11H,4-5H2,1-3H3;5-6,10H,4H2,1-3H3;;;;;;;;;;;;;;;;;;;;/q;;;;;;;;;;10*+1;;;;;;;;;;/p-10. The molecule has 0 fully saturated rings. The molecule has 0 heterocycles. The number of hydrogen-bond donors (Lipinski definition) is 0. The molecule has 0 aliphatic rings. The summed E-state index contributed by atoms with van der Waals surface area (Å²) < 4.78 is 108. The summed E-state index contributed by atoms with van der Waals surface area (Å²) in [5.41, 5.74) is -1.11. The van der Waals surface area contributed by atoms with Crippen LogP contribution in [0, 0.1) is 34.0 Å². The molecule has 11 unspecified atom stereocenters. The number of methoxy groups -OCH3 is 10. The van der Waals surface area contributed by atoms with E-state index < -0.39 is 6.10 Å². The Bertz CT molecular complexity index is 3530. The summed E-state index contributed by atoms with van der Waals surface area (Å²) in [6, 6.07) is 0. The van der Waals surface area contributed by atoms with Crippen LogP contribution in [0.3, 0.4) is 0 Å². The molecule has 0 bridgehead atoms. The maximum atomic E-state index is 11.8. The summed E-state index contributed by atoms with van der Waals surface area (Å²) >= 11 is 8.06. The van der Waals surface area contributed by atoms with Crippen molar-refractivity contribution in [2.24, 2.45) is 34.0 Å². The molecule has 772 valence electrons. The molecule has 0 saturated heterocycles. The molecule has 31 nitrogen and oxygen atoms in total. The third kappa shape index (κ3) is 81.6. The predicted octanol–water partition coefficient (Wildman–Crippen LogP) is 11.8. The van der Waals surface area contributed by atoms with E-state index in [0.29, 0.717) is 235 Å². The van der Waals surface area contributed by atoms with Crippen molar-refractivity contribution in [1.82, 2.24) is 0 Å². The summed E-state index contributed by atoms with van der Waals surface area (Å²) in [5, 5.41) is 0. The maximum absolute atomic E-state index is 11.8. The summed E-state index contributed by atoms with van der Waals surface area (Å²) in [6.45, 7) is 57.2. The Balaban J connectivity index is -0.000000164. The summed E-state index contributed by atoms with van der Waals surface area (Å²) in [5.74, 6) is 6.85. The van der Waals surface area contributed by atoms with Gasteiger partial charge in [0.25, 0.3) is 0 Å². The predicted molar refractivity (Wildman–Crippen MR) is 556 cm³/mol. The van der Waals surface area contributed by atoms with Crippen LogP contribution in [0.5, 0.6) is 0 Å². The Morgan fingerprint density at radius 2 is 0.460 bits per heavy atom. The second kappa shape index (κ2) is 94.8. The first-order valence-corrected chi connectivity index (χ1v) is 56.2. The Hall–Kier alpha value is -2.18. The van der Waals surface area contributed by atoms with Crippen molar-refractivity contribution < 1.29 is 136 Å². The molecule has 0 aromatic carbocycles. The molecule has 0 rings (SSSR count). The van der Waals surface area contributed by atoms with Gasteiger partial charge in [0.1, 0.15) is 12.2 Å². The van der Waals surface area contributed by atoms with Crippen LogP contribution in [0.1, 0.15) is 259 Å². The van der Waals surface area contributed by atoms with Gasteiger partial charge in [0.2, 0.25) is 0 Å². The molecule has 10 radical (unpaired) electrons. The fourth-order valence-electron chi connectivity index (χ4n) is 8.65. The van der Waals surface area contributed by atoms with Crippen molar-refractivity contribution in [1.29, 1.82) is 0 Å². The van der Waals surface area contributed by atoms with E-state index in [1.54, 1.807) is 101 Å². The first kappa shape index (κ1) is 155. The van der Waals surface area contributed by atoms with Crippen LogP contribution in [0.2, 0.25) is 0 Å². The van der Waals surface area contributed by atoms with Gasteiger partial charge < -0.3 is 17.1 Å². The van der Waals surface area contributed by atoms with Gasteiger partial charge in [-0.2, -0.15) is 0 Å². The first-order chi connectivity index (χ1) is 63.7. The quantitative estimate of drug-likeness (QED) is 0.0310. The van der Waals surface area contributed by atoms with Crippen molar-refractivity contribution >= 4 is 243 Å².